The van der Waals surface area contributed by atoms with Crippen LogP contribution in [-0.2, 0) is 6.42 Å². The first-order chi connectivity index (χ1) is 7.20. The Morgan fingerprint density at radius 1 is 1.20 bits per heavy atom. The van der Waals surface area contributed by atoms with E-state index in [4.69, 9.17) is 11.6 Å². The van der Waals surface area contributed by atoms with Crippen molar-refractivity contribution >= 4 is 11.6 Å². The fraction of sp³-hybridized carbons (Fsp3) is 0.538. The molecule has 0 fully saturated rings. The van der Waals surface area contributed by atoms with Crippen LogP contribution in [0.5, 0.6) is 0 Å². The van der Waals surface area contributed by atoms with Gasteiger partial charge in [0.2, 0.25) is 0 Å². The van der Waals surface area contributed by atoms with Crippen molar-refractivity contribution in [2.75, 3.05) is 6.54 Å². The summed E-state index contributed by atoms with van der Waals surface area (Å²) in [5, 5.41) is 4.31. The molecule has 0 aliphatic rings. The van der Waals surface area contributed by atoms with Crippen LogP contribution in [0.15, 0.2) is 24.3 Å². The lowest BCUT2D eigenvalue weighted by Crippen LogP contribution is -2.23. The van der Waals surface area contributed by atoms with E-state index in [0.717, 1.165) is 18.0 Å². The second kappa shape index (κ2) is 6.86. The van der Waals surface area contributed by atoms with Crippen LogP contribution in [0.2, 0.25) is 5.02 Å². The van der Waals surface area contributed by atoms with Gasteiger partial charge in [0.05, 0.1) is 0 Å². The third kappa shape index (κ3) is 5.19. The number of hydrogen-bond donors (Lipinski definition) is 1. The minimum Gasteiger partial charge on any atom is -0.315 e. The van der Waals surface area contributed by atoms with Gasteiger partial charge in [-0.15, -0.1) is 0 Å². The van der Waals surface area contributed by atoms with Crippen LogP contribution in [-0.4, -0.2) is 12.6 Å². The van der Waals surface area contributed by atoms with Crippen molar-refractivity contribution < 1.29 is 0 Å². The summed E-state index contributed by atoms with van der Waals surface area (Å²) >= 11 is 6.07. The van der Waals surface area contributed by atoms with E-state index in [2.05, 4.69) is 25.2 Å². The molecule has 1 rings (SSSR count). The molecule has 0 atom stereocenters. The van der Waals surface area contributed by atoms with Gasteiger partial charge in [-0.3, -0.25) is 0 Å². The minimum absolute atomic E-state index is 0.588. The monoisotopic (exact) mass is 225 g/mol. The Hall–Kier alpha value is -0.530. The molecule has 15 heavy (non-hydrogen) atoms. The second-order valence-corrected chi connectivity index (χ2v) is 4.56. The largest absolute Gasteiger partial charge is 0.315 e. The zero-order chi connectivity index (χ0) is 11.1. The lowest BCUT2D eigenvalue weighted by Gasteiger charge is -2.08. The number of aryl methyl sites for hydroxylation is 1. The van der Waals surface area contributed by atoms with E-state index < -0.39 is 0 Å². The molecule has 1 N–H and O–H groups in total. The third-order valence-electron chi connectivity index (χ3n) is 2.38. The molecule has 1 aromatic carbocycles. The third-order valence-corrected chi connectivity index (χ3v) is 2.75. The van der Waals surface area contributed by atoms with E-state index in [-0.39, 0.29) is 0 Å². The van der Waals surface area contributed by atoms with Crippen molar-refractivity contribution in [1.82, 2.24) is 5.32 Å². The number of hydrogen-bond acceptors (Lipinski definition) is 1. The van der Waals surface area contributed by atoms with Gasteiger partial charge in [0.1, 0.15) is 0 Å². The van der Waals surface area contributed by atoms with Gasteiger partial charge in [0.25, 0.3) is 0 Å². The predicted molar refractivity (Wildman–Crippen MR) is 67.5 cm³/mol. The molecule has 0 saturated heterocycles. The van der Waals surface area contributed by atoms with Crippen LogP contribution >= 0.6 is 11.6 Å². The van der Waals surface area contributed by atoms with Crippen LogP contribution < -0.4 is 5.32 Å². The number of nitrogens with one attached hydrogen (secondary N) is 1. The highest BCUT2D eigenvalue weighted by molar-refractivity contribution is 6.31. The first kappa shape index (κ1) is 12.5. The lowest BCUT2D eigenvalue weighted by molar-refractivity contribution is 0.557. The van der Waals surface area contributed by atoms with Crippen molar-refractivity contribution in [1.29, 1.82) is 0 Å². The standard InChI is InChI=1S/C13H20ClN/c1-11(2)15-10-6-5-8-12-7-3-4-9-13(12)14/h3-4,7,9,11,15H,5-6,8,10H2,1-2H3. The molecular weight excluding hydrogens is 206 g/mol. The van der Waals surface area contributed by atoms with E-state index in [9.17, 15) is 0 Å². The van der Waals surface area contributed by atoms with Gasteiger partial charge < -0.3 is 5.32 Å². The first-order valence-electron chi connectivity index (χ1n) is 5.67. The maximum Gasteiger partial charge on any atom is 0.0437 e. The van der Waals surface area contributed by atoms with Gasteiger partial charge in [0.15, 0.2) is 0 Å². The Labute approximate surface area is 97.8 Å². The van der Waals surface area contributed by atoms with E-state index in [1.165, 1.54) is 18.4 Å². The zero-order valence-electron chi connectivity index (χ0n) is 9.59. The highest BCUT2D eigenvalue weighted by Gasteiger charge is 1.98. The molecule has 0 amide bonds. The average Bonchev–Trinajstić information content (AvgIpc) is 2.20. The highest BCUT2D eigenvalue weighted by Crippen LogP contribution is 2.16. The van der Waals surface area contributed by atoms with E-state index >= 15 is 0 Å². The lowest BCUT2D eigenvalue weighted by atomic mass is 10.1. The maximum absolute atomic E-state index is 6.07. The summed E-state index contributed by atoms with van der Waals surface area (Å²) < 4.78 is 0. The summed E-state index contributed by atoms with van der Waals surface area (Å²) in [7, 11) is 0. The van der Waals surface area contributed by atoms with E-state index in [1.807, 2.05) is 18.2 Å². The van der Waals surface area contributed by atoms with Crippen LogP contribution in [0.3, 0.4) is 0 Å². The van der Waals surface area contributed by atoms with Gasteiger partial charge in [-0.05, 0) is 37.4 Å². The molecule has 0 radical (unpaired) electrons. The molecule has 0 aliphatic carbocycles. The molecule has 1 nitrogen and oxygen atoms in total. The van der Waals surface area contributed by atoms with Crippen molar-refractivity contribution in [2.45, 2.75) is 39.2 Å². The summed E-state index contributed by atoms with van der Waals surface area (Å²) in [6.45, 7) is 5.45. The Bertz CT molecular complexity index is 284. The molecule has 0 spiro atoms. The number of benzene rings is 1. The Morgan fingerprint density at radius 2 is 1.93 bits per heavy atom. The van der Waals surface area contributed by atoms with Gasteiger partial charge in [-0.1, -0.05) is 43.6 Å². The predicted octanol–water partition coefficient (Wildman–Crippen LogP) is 3.66. The number of rotatable bonds is 6. The molecular formula is C13H20ClN. The zero-order valence-corrected chi connectivity index (χ0v) is 10.3. The first-order valence-corrected chi connectivity index (χ1v) is 6.04. The quantitative estimate of drug-likeness (QED) is 0.729. The van der Waals surface area contributed by atoms with Crippen LogP contribution in [0, 0.1) is 0 Å². The van der Waals surface area contributed by atoms with Gasteiger partial charge in [0, 0.05) is 11.1 Å². The molecule has 0 unspecified atom stereocenters. The SMILES string of the molecule is CC(C)NCCCCc1ccccc1Cl. The summed E-state index contributed by atoms with van der Waals surface area (Å²) in [6.07, 6.45) is 3.49. The molecule has 0 aromatic heterocycles. The topological polar surface area (TPSA) is 12.0 Å². The van der Waals surface area contributed by atoms with Crippen molar-refractivity contribution in [3.63, 3.8) is 0 Å². The summed E-state index contributed by atoms with van der Waals surface area (Å²) in [5.74, 6) is 0. The normalized spacial score (nSPS) is 10.9. The van der Waals surface area contributed by atoms with Crippen LogP contribution in [0.1, 0.15) is 32.3 Å². The number of unbranched alkanes of at least 4 members (excludes halogenated alkanes) is 1. The smallest absolute Gasteiger partial charge is 0.0437 e. The van der Waals surface area contributed by atoms with E-state index in [0.29, 0.717) is 6.04 Å². The molecule has 0 saturated carbocycles. The number of halogens is 1. The summed E-state index contributed by atoms with van der Waals surface area (Å²) in [5.41, 5.74) is 1.27. The fourth-order valence-corrected chi connectivity index (χ4v) is 1.76. The summed E-state index contributed by atoms with van der Waals surface area (Å²) in [4.78, 5) is 0. The molecule has 0 heterocycles. The Balaban J connectivity index is 2.18. The highest BCUT2D eigenvalue weighted by atomic mass is 35.5. The molecule has 84 valence electrons. The van der Waals surface area contributed by atoms with Gasteiger partial charge in [-0.25, -0.2) is 0 Å². The minimum atomic E-state index is 0.588. The van der Waals surface area contributed by atoms with Crippen molar-refractivity contribution in [3.8, 4) is 0 Å². The van der Waals surface area contributed by atoms with Crippen molar-refractivity contribution in [2.24, 2.45) is 0 Å². The average molecular weight is 226 g/mol. The molecule has 1 aromatic rings. The van der Waals surface area contributed by atoms with Crippen molar-refractivity contribution in [3.05, 3.63) is 34.9 Å². The van der Waals surface area contributed by atoms with Gasteiger partial charge in [-0.2, -0.15) is 0 Å². The summed E-state index contributed by atoms with van der Waals surface area (Å²) in [6, 6.07) is 8.69. The molecule has 0 bridgehead atoms. The maximum atomic E-state index is 6.07. The fourth-order valence-electron chi connectivity index (χ4n) is 1.53. The van der Waals surface area contributed by atoms with E-state index in [1.54, 1.807) is 0 Å². The Morgan fingerprint density at radius 3 is 2.60 bits per heavy atom. The Kier molecular flexibility index (Phi) is 5.74. The van der Waals surface area contributed by atoms with Gasteiger partial charge >= 0.3 is 0 Å². The molecule has 2 heteroatoms. The molecule has 0 aliphatic heterocycles. The van der Waals surface area contributed by atoms with Crippen LogP contribution in [0.4, 0.5) is 0 Å². The second-order valence-electron chi connectivity index (χ2n) is 4.16. The van der Waals surface area contributed by atoms with Crippen LogP contribution in [0.25, 0.3) is 0 Å².